The molecule has 0 spiro atoms. The van der Waals surface area contributed by atoms with Crippen LogP contribution in [0.1, 0.15) is 21.5 Å². The first kappa shape index (κ1) is 14.9. The summed E-state index contributed by atoms with van der Waals surface area (Å²) < 4.78 is 5.28. The lowest BCUT2D eigenvalue weighted by atomic mass is 10.1. The molecular weight excluding hydrogens is 286 g/mol. The van der Waals surface area contributed by atoms with Gasteiger partial charge in [0.05, 0.1) is 24.3 Å². The Bertz CT molecular complexity index is 690. The van der Waals surface area contributed by atoms with Crippen LogP contribution in [-0.2, 0) is 5.75 Å². The fraction of sp³-hybridized carbons (Fsp3) is 0.125. The van der Waals surface area contributed by atoms with Gasteiger partial charge in [0, 0.05) is 16.2 Å². The van der Waals surface area contributed by atoms with E-state index in [1.807, 2.05) is 0 Å². The van der Waals surface area contributed by atoms with Gasteiger partial charge in [-0.3, -0.25) is 0 Å². The van der Waals surface area contributed by atoms with Crippen molar-refractivity contribution in [3.63, 3.8) is 0 Å². The zero-order valence-corrected chi connectivity index (χ0v) is 12.2. The highest BCUT2D eigenvalue weighted by atomic mass is 32.2. The van der Waals surface area contributed by atoms with E-state index in [-0.39, 0.29) is 5.56 Å². The molecule has 2 rings (SSSR count). The molecule has 0 aliphatic heterocycles. The first-order valence-electron chi connectivity index (χ1n) is 6.17. The van der Waals surface area contributed by atoms with E-state index in [0.717, 1.165) is 16.2 Å². The van der Waals surface area contributed by atoms with E-state index in [1.165, 1.54) is 0 Å². The minimum absolute atomic E-state index is 0.267. The molecule has 0 fully saturated rings. The van der Waals surface area contributed by atoms with Crippen molar-refractivity contribution in [2.45, 2.75) is 10.6 Å². The lowest BCUT2D eigenvalue weighted by Gasteiger charge is -2.08. The molecule has 21 heavy (non-hydrogen) atoms. The Hall–Kier alpha value is -2.45. The monoisotopic (exact) mass is 299 g/mol. The van der Waals surface area contributed by atoms with Gasteiger partial charge < -0.3 is 9.84 Å². The van der Waals surface area contributed by atoms with Crippen molar-refractivity contribution in [2.24, 2.45) is 0 Å². The predicted octanol–water partition coefficient (Wildman–Crippen LogP) is 3.56. The molecular formula is C16H13NO3S. The van der Waals surface area contributed by atoms with Crippen LogP contribution in [-0.4, -0.2) is 18.2 Å². The van der Waals surface area contributed by atoms with Crippen LogP contribution < -0.4 is 4.74 Å². The summed E-state index contributed by atoms with van der Waals surface area (Å²) in [6.07, 6.45) is 0. The van der Waals surface area contributed by atoms with Gasteiger partial charge in [-0.25, -0.2) is 4.79 Å². The molecule has 0 bridgehead atoms. The fourth-order valence-corrected chi connectivity index (χ4v) is 2.69. The van der Waals surface area contributed by atoms with E-state index in [4.69, 9.17) is 15.1 Å². The molecule has 0 unspecified atom stereocenters. The summed E-state index contributed by atoms with van der Waals surface area (Å²) in [5.74, 6) is 0.448. The molecule has 106 valence electrons. The number of hydrogen-bond donors (Lipinski definition) is 1. The van der Waals surface area contributed by atoms with Gasteiger partial charge in [0.15, 0.2) is 0 Å². The Morgan fingerprint density at radius 3 is 2.57 bits per heavy atom. The van der Waals surface area contributed by atoms with E-state index in [9.17, 15) is 4.79 Å². The fourth-order valence-electron chi connectivity index (χ4n) is 1.82. The van der Waals surface area contributed by atoms with Crippen molar-refractivity contribution < 1.29 is 14.6 Å². The standard InChI is InChI=1S/C16H13NO3S/c1-20-15-7-2-11(9-17)8-13(15)10-21-14-5-3-12(4-6-14)16(18)19/h2-8H,10H2,1H3,(H,18,19). The summed E-state index contributed by atoms with van der Waals surface area (Å²) in [6, 6.07) is 14.1. The molecule has 5 heteroatoms. The van der Waals surface area contributed by atoms with Gasteiger partial charge in [-0.15, -0.1) is 11.8 Å². The normalized spacial score (nSPS) is 9.90. The Morgan fingerprint density at radius 2 is 2.00 bits per heavy atom. The van der Waals surface area contributed by atoms with Gasteiger partial charge in [-0.05, 0) is 42.5 Å². The number of ether oxygens (including phenoxy) is 1. The van der Waals surface area contributed by atoms with Gasteiger partial charge >= 0.3 is 5.97 Å². The molecule has 0 radical (unpaired) electrons. The van der Waals surface area contributed by atoms with Crippen molar-refractivity contribution in [2.75, 3.05) is 7.11 Å². The molecule has 2 aromatic rings. The Balaban J connectivity index is 2.12. The highest BCUT2D eigenvalue weighted by Gasteiger charge is 2.06. The third kappa shape index (κ3) is 3.77. The molecule has 2 aromatic carbocycles. The van der Waals surface area contributed by atoms with Crippen LogP contribution in [0.4, 0.5) is 0 Å². The second kappa shape index (κ2) is 6.82. The van der Waals surface area contributed by atoms with Gasteiger partial charge in [-0.1, -0.05) is 0 Å². The number of thioether (sulfide) groups is 1. The van der Waals surface area contributed by atoms with Crippen LogP contribution in [0.25, 0.3) is 0 Å². The van der Waals surface area contributed by atoms with Crippen molar-refractivity contribution in [1.82, 2.24) is 0 Å². The SMILES string of the molecule is COc1ccc(C#N)cc1CSc1ccc(C(=O)O)cc1. The second-order valence-corrected chi connectivity index (χ2v) is 5.31. The number of rotatable bonds is 5. The zero-order chi connectivity index (χ0) is 15.2. The second-order valence-electron chi connectivity index (χ2n) is 4.26. The van der Waals surface area contributed by atoms with Crippen LogP contribution in [0.5, 0.6) is 5.75 Å². The number of hydrogen-bond acceptors (Lipinski definition) is 4. The van der Waals surface area contributed by atoms with Crippen LogP contribution in [0, 0.1) is 11.3 Å². The average molecular weight is 299 g/mol. The van der Waals surface area contributed by atoms with Gasteiger partial charge in [0.2, 0.25) is 0 Å². The molecule has 0 amide bonds. The molecule has 0 aliphatic rings. The van der Waals surface area contributed by atoms with Crippen molar-refractivity contribution >= 4 is 17.7 Å². The molecule has 4 nitrogen and oxygen atoms in total. The molecule has 0 aromatic heterocycles. The van der Waals surface area contributed by atoms with Crippen molar-refractivity contribution in [1.29, 1.82) is 5.26 Å². The third-order valence-corrected chi connectivity index (χ3v) is 3.97. The number of benzene rings is 2. The van der Waals surface area contributed by atoms with Crippen molar-refractivity contribution in [3.05, 3.63) is 59.2 Å². The molecule has 0 atom stereocenters. The molecule has 0 aliphatic carbocycles. The van der Waals surface area contributed by atoms with Crippen LogP contribution in [0.3, 0.4) is 0 Å². The summed E-state index contributed by atoms with van der Waals surface area (Å²) in [5, 5.41) is 17.8. The van der Waals surface area contributed by atoms with Gasteiger partial charge in [0.25, 0.3) is 0 Å². The van der Waals surface area contributed by atoms with E-state index < -0.39 is 5.97 Å². The Kier molecular flexibility index (Phi) is 4.85. The number of nitrogens with zero attached hydrogens (tertiary/aromatic N) is 1. The van der Waals surface area contributed by atoms with Crippen LogP contribution in [0.15, 0.2) is 47.4 Å². The number of carbonyl (C=O) groups is 1. The number of aromatic carboxylic acids is 1. The van der Waals surface area contributed by atoms with Crippen LogP contribution in [0.2, 0.25) is 0 Å². The van der Waals surface area contributed by atoms with E-state index in [2.05, 4.69) is 6.07 Å². The predicted molar refractivity (Wildman–Crippen MR) is 80.7 cm³/mol. The molecule has 0 saturated heterocycles. The Labute approximate surface area is 127 Å². The Morgan fingerprint density at radius 1 is 1.29 bits per heavy atom. The largest absolute Gasteiger partial charge is 0.496 e. The average Bonchev–Trinajstić information content (AvgIpc) is 2.52. The summed E-state index contributed by atoms with van der Waals surface area (Å²) in [6.45, 7) is 0. The first-order chi connectivity index (χ1) is 10.1. The molecule has 0 heterocycles. The quantitative estimate of drug-likeness (QED) is 0.855. The van der Waals surface area contributed by atoms with Gasteiger partial charge in [0.1, 0.15) is 5.75 Å². The summed E-state index contributed by atoms with van der Waals surface area (Å²) in [7, 11) is 1.59. The van der Waals surface area contributed by atoms with Crippen molar-refractivity contribution in [3.8, 4) is 11.8 Å². The molecule has 1 N–H and O–H groups in total. The zero-order valence-electron chi connectivity index (χ0n) is 11.4. The third-order valence-electron chi connectivity index (χ3n) is 2.91. The van der Waals surface area contributed by atoms with Gasteiger partial charge in [-0.2, -0.15) is 5.26 Å². The summed E-state index contributed by atoms with van der Waals surface area (Å²) in [4.78, 5) is 11.8. The maximum absolute atomic E-state index is 10.8. The smallest absolute Gasteiger partial charge is 0.335 e. The number of carboxylic acids is 1. The maximum atomic E-state index is 10.8. The maximum Gasteiger partial charge on any atom is 0.335 e. The number of methoxy groups -OCH3 is 1. The topological polar surface area (TPSA) is 70.3 Å². The number of carboxylic acid groups (broad SMARTS) is 1. The highest BCUT2D eigenvalue weighted by molar-refractivity contribution is 7.98. The lowest BCUT2D eigenvalue weighted by Crippen LogP contribution is -1.95. The van der Waals surface area contributed by atoms with E-state index in [1.54, 1.807) is 61.3 Å². The minimum Gasteiger partial charge on any atom is -0.496 e. The summed E-state index contributed by atoms with van der Waals surface area (Å²) in [5.41, 5.74) is 1.79. The van der Waals surface area contributed by atoms with Crippen LogP contribution >= 0.6 is 11.8 Å². The first-order valence-corrected chi connectivity index (χ1v) is 7.16. The minimum atomic E-state index is -0.935. The van der Waals surface area contributed by atoms with E-state index >= 15 is 0 Å². The van der Waals surface area contributed by atoms with E-state index in [0.29, 0.717) is 11.3 Å². The number of nitriles is 1. The lowest BCUT2D eigenvalue weighted by molar-refractivity contribution is 0.0697. The molecule has 0 saturated carbocycles. The summed E-state index contributed by atoms with van der Waals surface area (Å²) >= 11 is 1.56. The highest BCUT2D eigenvalue weighted by Crippen LogP contribution is 2.28.